The Morgan fingerprint density at radius 1 is 1.19 bits per heavy atom. The molecule has 2 amide bonds. The van der Waals surface area contributed by atoms with Crippen molar-refractivity contribution >= 4 is 27.7 Å². The standard InChI is InChI=1S/C24H26BrFN2O3/c1-6-8-20(29)28(15-16-11-13-17(31-5)14-12-16)22(23(30)27-24(2,3)4)21-18(25)9-7-10-19(21)26/h7,9-14,22H,15H2,1-5H3,(H,27,30). The second-order valence-corrected chi connectivity index (χ2v) is 8.79. The van der Waals surface area contributed by atoms with Crippen LogP contribution in [-0.2, 0) is 16.1 Å². The van der Waals surface area contributed by atoms with E-state index >= 15 is 0 Å². The number of nitrogens with one attached hydrogen (secondary N) is 1. The molecule has 164 valence electrons. The number of amides is 2. The predicted molar refractivity (Wildman–Crippen MR) is 122 cm³/mol. The van der Waals surface area contributed by atoms with Crippen LogP contribution < -0.4 is 10.1 Å². The summed E-state index contributed by atoms with van der Waals surface area (Å²) in [5.74, 6) is 4.05. The van der Waals surface area contributed by atoms with Gasteiger partial charge in [0.05, 0.1) is 7.11 Å². The lowest BCUT2D eigenvalue weighted by molar-refractivity contribution is -0.138. The number of nitrogens with zero attached hydrogens (tertiary/aromatic N) is 1. The first-order valence-corrected chi connectivity index (χ1v) is 10.5. The van der Waals surface area contributed by atoms with Gasteiger partial charge in [-0.25, -0.2) is 4.39 Å². The average Bonchev–Trinajstić information content (AvgIpc) is 2.68. The molecule has 0 heterocycles. The first-order valence-electron chi connectivity index (χ1n) is 9.69. The Morgan fingerprint density at radius 2 is 1.84 bits per heavy atom. The predicted octanol–water partition coefficient (Wildman–Crippen LogP) is 4.60. The monoisotopic (exact) mass is 488 g/mol. The van der Waals surface area contributed by atoms with Gasteiger partial charge in [0, 0.05) is 22.1 Å². The topological polar surface area (TPSA) is 58.6 Å². The van der Waals surface area contributed by atoms with Crippen LogP contribution in [-0.4, -0.2) is 29.4 Å². The number of hydrogen-bond acceptors (Lipinski definition) is 3. The minimum atomic E-state index is -1.23. The van der Waals surface area contributed by atoms with Crippen LogP contribution >= 0.6 is 15.9 Å². The lowest BCUT2D eigenvalue weighted by Crippen LogP contribution is -2.49. The van der Waals surface area contributed by atoms with Gasteiger partial charge in [-0.3, -0.25) is 9.59 Å². The van der Waals surface area contributed by atoms with Crippen LogP contribution in [0.15, 0.2) is 46.9 Å². The Hall–Kier alpha value is -2.85. The highest BCUT2D eigenvalue weighted by Crippen LogP contribution is 2.32. The Kier molecular flexibility index (Phi) is 8.23. The van der Waals surface area contributed by atoms with Gasteiger partial charge in [0.25, 0.3) is 5.91 Å². The van der Waals surface area contributed by atoms with Crippen LogP contribution in [0.5, 0.6) is 5.75 Å². The first kappa shape index (κ1) is 24.4. The molecule has 0 spiro atoms. The Balaban J connectivity index is 2.62. The van der Waals surface area contributed by atoms with Gasteiger partial charge in [-0.15, -0.1) is 0 Å². The Labute approximate surface area is 191 Å². The van der Waals surface area contributed by atoms with Gasteiger partial charge in [0.15, 0.2) is 0 Å². The summed E-state index contributed by atoms with van der Waals surface area (Å²) < 4.78 is 20.5. The van der Waals surface area contributed by atoms with Crippen molar-refractivity contribution in [1.29, 1.82) is 0 Å². The van der Waals surface area contributed by atoms with Crippen molar-refractivity contribution < 1.29 is 18.7 Å². The van der Waals surface area contributed by atoms with E-state index in [0.29, 0.717) is 10.2 Å². The Bertz CT molecular complexity index is 984. The van der Waals surface area contributed by atoms with Gasteiger partial charge < -0.3 is 15.0 Å². The summed E-state index contributed by atoms with van der Waals surface area (Å²) in [5.41, 5.74) is 0.232. The molecule has 1 atom stereocenters. The molecular formula is C24H26BrFN2O3. The number of hydrogen-bond donors (Lipinski definition) is 1. The quantitative estimate of drug-likeness (QED) is 0.604. The van der Waals surface area contributed by atoms with Crippen molar-refractivity contribution in [2.75, 3.05) is 7.11 Å². The second kappa shape index (κ2) is 10.5. The number of benzene rings is 2. The van der Waals surface area contributed by atoms with Crippen molar-refractivity contribution in [3.8, 4) is 17.6 Å². The summed E-state index contributed by atoms with van der Waals surface area (Å²) in [5, 5.41) is 2.87. The normalized spacial score (nSPS) is 11.7. The number of methoxy groups -OCH3 is 1. The maximum Gasteiger partial charge on any atom is 0.299 e. The maximum absolute atomic E-state index is 14.9. The van der Waals surface area contributed by atoms with Crippen molar-refractivity contribution in [2.45, 2.75) is 45.8 Å². The van der Waals surface area contributed by atoms with E-state index in [4.69, 9.17) is 4.74 Å². The molecule has 7 heteroatoms. The first-order chi connectivity index (χ1) is 14.6. The summed E-state index contributed by atoms with van der Waals surface area (Å²) in [4.78, 5) is 27.6. The number of halogens is 2. The lowest BCUT2D eigenvalue weighted by atomic mass is 10.00. The van der Waals surface area contributed by atoms with Gasteiger partial charge >= 0.3 is 0 Å². The van der Waals surface area contributed by atoms with Gasteiger partial charge in [-0.2, -0.15) is 0 Å². The molecule has 2 rings (SSSR count). The van der Waals surface area contributed by atoms with Gasteiger partial charge in [0.1, 0.15) is 17.6 Å². The highest BCUT2D eigenvalue weighted by Gasteiger charge is 2.36. The minimum absolute atomic E-state index is 0.0561. The van der Waals surface area contributed by atoms with Crippen LogP contribution in [0.1, 0.15) is 44.9 Å². The molecule has 0 aliphatic heterocycles. The lowest BCUT2D eigenvalue weighted by Gasteiger charge is -2.33. The molecule has 0 aromatic heterocycles. The maximum atomic E-state index is 14.9. The zero-order valence-corrected chi connectivity index (χ0v) is 19.8. The van der Waals surface area contributed by atoms with E-state index in [2.05, 4.69) is 33.1 Å². The van der Waals surface area contributed by atoms with Gasteiger partial charge in [-0.05, 0) is 63.4 Å². The van der Waals surface area contributed by atoms with E-state index < -0.39 is 29.2 Å². The summed E-state index contributed by atoms with van der Waals surface area (Å²) in [6, 6.07) is 10.3. The fourth-order valence-electron chi connectivity index (χ4n) is 3.03. The molecular weight excluding hydrogens is 463 g/mol. The average molecular weight is 489 g/mol. The molecule has 0 saturated heterocycles. The molecule has 0 bridgehead atoms. The fourth-order valence-corrected chi connectivity index (χ4v) is 3.58. The molecule has 2 aromatic rings. The van der Waals surface area contributed by atoms with Crippen LogP contribution in [0.2, 0.25) is 0 Å². The van der Waals surface area contributed by atoms with Crippen molar-refractivity contribution in [3.05, 3.63) is 63.9 Å². The van der Waals surface area contributed by atoms with Crippen LogP contribution in [0, 0.1) is 17.7 Å². The number of carbonyl (C=O) groups is 2. The van der Waals surface area contributed by atoms with Crippen molar-refractivity contribution in [2.24, 2.45) is 0 Å². The van der Waals surface area contributed by atoms with Crippen molar-refractivity contribution in [1.82, 2.24) is 10.2 Å². The smallest absolute Gasteiger partial charge is 0.299 e. The molecule has 0 saturated carbocycles. The molecule has 1 unspecified atom stereocenters. The van der Waals surface area contributed by atoms with E-state index in [1.54, 1.807) is 37.4 Å². The summed E-state index contributed by atoms with van der Waals surface area (Å²) in [6.45, 7) is 7.05. The van der Waals surface area contributed by atoms with Gasteiger partial charge in [0.2, 0.25) is 5.91 Å². The van der Waals surface area contributed by atoms with Crippen LogP contribution in [0.3, 0.4) is 0 Å². The molecule has 0 radical (unpaired) electrons. The highest BCUT2D eigenvalue weighted by atomic mass is 79.9. The SMILES string of the molecule is CC#CC(=O)N(Cc1ccc(OC)cc1)C(C(=O)NC(C)(C)C)c1c(F)cccc1Br. The van der Waals surface area contributed by atoms with E-state index in [9.17, 15) is 14.0 Å². The molecule has 5 nitrogen and oxygen atoms in total. The molecule has 1 N–H and O–H groups in total. The number of carbonyl (C=O) groups excluding carboxylic acids is 2. The summed E-state index contributed by atoms with van der Waals surface area (Å²) in [6.07, 6.45) is 0. The zero-order chi connectivity index (χ0) is 23.2. The van der Waals surface area contributed by atoms with E-state index in [1.165, 1.54) is 24.0 Å². The van der Waals surface area contributed by atoms with Crippen LogP contribution in [0.4, 0.5) is 4.39 Å². The molecule has 0 aliphatic carbocycles. The molecule has 2 aromatic carbocycles. The third-order valence-electron chi connectivity index (χ3n) is 4.34. The third-order valence-corrected chi connectivity index (χ3v) is 5.03. The van der Waals surface area contributed by atoms with Gasteiger partial charge in [-0.1, -0.05) is 40.0 Å². The van der Waals surface area contributed by atoms with Crippen molar-refractivity contribution in [3.63, 3.8) is 0 Å². The van der Waals surface area contributed by atoms with E-state index in [0.717, 1.165) is 5.56 Å². The third kappa shape index (κ3) is 6.56. The fraction of sp³-hybridized carbons (Fsp3) is 0.333. The molecule has 31 heavy (non-hydrogen) atoms. The Morgan fingerprint density at radius 3 is 2.35 bits per heavy atom. The number of ether oxygens (including phenoxy) is 1. The summed E-state index contributed by atoms with van der Waals surface area (Å²) >= 11 is 3.35. The summed E-state index contributed by atoms with van der Waals surface area (Å²) in [7, 11) is 1.56. The number of rotatable bonds is 6. The van der Waals surface area contributed by atoms with E-state index in [1.807, 2.05) is 20.8 Å². The zero-order valence-electron chi connectivity index (χ0n) is 18.3. The molecule has 0 aliphatic rings. The van der Waals surface area contributed by atoms with Crippen LogP contribution in [0.25, 0.3) is 0 Å². The van der Waals surface area contributed by atoms with E-state index in [-0.39, 0.29) is 12.1 Å². The minimum Gasteiger partial charge on any atom is -0.497 e. The largest absolute Gasteiger partial charge is 0.497 e. The highest BCUT2D eigenvalue weighted by molar-refractivity contribution is 9.10. The molecule has 0 fully saturated rings. The second-order valence-electron chi connectivity index (χ2n) is 7.93.